The van der Waals surface area contributed by atoms with Gasteiger partial charge in [-0.2, -0.15) is 0 Å². The van der Waals surface area contributed by atoms with Crippen molar-refractivity contribution in [1.82, 2.24) is 0 Å². The molecule has 2 heterocycles. The first-order valence-electron chi connectivity index (χ1n) is 8.04. The fourth-order valence-electron chi connectivity index (χ4n) is 3.56. The molecule has 3 heteroatoms. The van der Waals surface area contributed by atoms with Crippen molar-refractivity contribution in [3.63, 3.8) is 0 Å². The SMILES string of the molecule is Cc1ccc(-c2c(C)ccc3c2oc2cc(F)cc(C)c23)[n+](C)c1. The molecule has 0 saturated heterocycles. The molecule has 0 aliphatic heterocycles. The quantitative estimate of drug-likeness (QED) is 0.444. The van der Waals surface area contributed by atoms with Gasteiger partial charge in [0.2, 0.25) is 5.69 Å². The number of fused-ring (bicyclic) bond motifs is 3. The molecule has 0 bridgehead atoms. The lowest BCUT2D eigenvalue weighted by molar-refractivity contribution is -0.660. The van der Waals surface area contributed by atoms with Crippen molar-refractivity contribution in [2.24, 2.45) is 7.05 Å². The van der Waals surface area contributed by atoms with Gasteiger partial charge in [0.05, 0.1) is 5.56 Å². The molecule has 0 N–H and O–H groups in total. The molecule has 0 unspecified atom stereocenters. The number of hydrogen-bond donors (Lipinski definition) is 0. The molecule has 0 spiro atoms. The number of halogens is 1. The van der Waals surface area contributed by atoms with Gasteiger partial charge in [0, 0.05) is 28.5 Å². The largest absolute Gasteiger partial charge is 0.455 e. The van der Waals surface area contributed by atoms with Gasteiger partial charge in [-0.25, -0.2) is 8.96 Å². The summed E-state index contributed by atoms with van der Waals surface area (Å²) in [6, 6.07) is 11.4. The zero-order valence-corrected chi connectivity index (χ0v) is 14.3. The van der Waals surface area contributed by atoms with Crippen LogP contribution in [0, 0.1) is 26.6 Å². The van der Waals surface area contributed by atoms with E-state index in [0.717, 1.165) is 38.7 Å². The molecule has 0 fully saturated rings. The second-order valence-corrected chi connectivity index (χ2v) is 6.53. The monoisotopic (exact) mass is 320 g/mol. The first kappa shape index (κ1) is 14.9. The van der Waals surface area contributed by atoms with Crippen LogP contribution < -0.4 is 4.57 Å². The number of pyridine rings is 1. The second kappa shape index (κ2) is 5.17. The minimum atomic E-state index is -0.266. The summed E-state index contributed by atoms with van der Waals surface area (Å²) in [6.45, 7) is 6.07. The molecule has 24 heavy (non-hydrogen) atoms. The summed E-state index contributed by atoms with van der Waals surface area (Å²) in [5, 5.41) is 2.02. The van der Waals surface area contributed by atoms with Crippen molar-refractivity contribution in [2.45, 2.75) is 20.8 Å². The Labute approximate surface area is 140 Å². The second-order valence-electron chi connectivity index (χ2n) is 6.53. The molecule has 2 nitrogen and oxygen atoms in total. The lowest BCUT2D eigenvalue weighted by Crippen LogP contribution is -2.31. The number of furan rings is 1. The number of aromatic nitrogens is 1. The van der Waals surface area contributed by atoms with Crippen molar-refractivity contribution in [3.05, 3.63) is 65.1 Å². The summed E-state index contributed by atoms with van der Waals surface area (Å²) in [7, 11) is 2.04. The summed E-state index contributed by atoms with van der Waals surface area (Å²) in [5.74, 6) is -0.266. The van der Waals surface area contributed by atoms with Crippen LogP contribution in [0.4, 0.5) is 4.39 Å². The normalized spacial score (nSPS) is 11.5. The van der Waals surface area contributed by atoms with Crippen molar-refractivity contribution in [2.75, 3.05) is 0 Å². The highest BCUT2D eigenvalue weighted by molar-refractivity contribution is 6.11. The van der Waals surface area contributed by atoms with E-state index in [-0.39, 0.29) is 5.82 Å². The molecule has 0 amide bonds. The highest BCUT2D eigenvalue weighted by Crippen LogP contribution is 2.38. The number of hydrogen-bond acceptors (Lipinski definition) is 1. The Bertz CT molecular complexity index is 1110. The third kappa shape index (κ3) is 2.12. The van der Waals surface area contributed by atoms with E-state index in [1.165, 1.54) is 11.6 Å². The Balaban J connectivity index is 2.16. The van der Waals surface area contributed by atoms with Crippen LogP contribution in [0.1, 0.15) is 16.7 Å². The van der Waals surface area contributed by atoms with Gasteiger partial charge in [-0.05, 0) is 44.0 Å². The molecule has 0 aliphatic rings. The van der Waals surface area contributed by atoms with Crippen molar-refractivity contribution >= 4 is 21.9 Å². The molecular formula is C21H19FNO+. The van der Waals surface area contributed by atoms with E-state index >= 15 is 0 Å². The summed E-state index contributed by atoms with van der Waals surface area (Å²) in [4.78, 5) is 0. The minimum Gasteiger partial charge on any atom is -0.455 e. The van der Waals surface area contributed by atoms with Crippen LogP contribution in [-0.2, 0) is 7.05 Å². The minimum absolute atomic E-state index is 0.266. The maximum absolute atomic E-state index is 13.8. The predicted octanol–water partition coefficient (Wildman–Crippen LogP) is 5.14. The Morgan fingerprint density at radius 2 is 1.75 bits per heavy atom. The van der Waals surface area contributed by atoms with Gasteiger partial charge in [-0.1, -0.05) is 12.1 Å². The van der Waals surface area contributed by atoms with Crippen molar-refractivity contribution in [1.29, 1.82) is 0 Å². The Morgan fingerprint density at radius 3 is 2.50 bits per heavy atom. The van der Waals surface area contributed by atoms with Crippen LogP contribution >= 0.6 is 0 Å². The van der Waals surface area contributed by atoms with E-state index in [1.807, 2.05) is 14.0 Å². The maximum Gasteiger partial charge on any atom is 0.216 e. The highest BCUT2D eigenvalue weighted by Gasteiger charge is 2.21. The molecule has 0 saturated carbocycles. The molecule has 2 aromatic carbocycles. The van der Waals surface area contributed by atoms with E-state index in [1.54, 1.807) is 6.07 Å². The summed E-state index contributed by atoms with van der Waals surface area (Å²) in [6.07, 6.45) is 2.10. The van der Waals surface area contributed by atoms with Crippen LogP contribution in [0.5, 0.6) is 0 Å². The molecule has 0 radical (unpaired) electrons. The molecule has 120 valence electrons. The van der Waals surface area contributed by atoms with Gasteiger partial charge in [-0.15, -0.1) is 0 Å². The Morgan fingerprint density at radius 1 is 0.958 bits per heavy atom. The first-order valence-corrected chi connectivity index (χ1v) is 8.04. The molecule has 0 atom stereocenters. The third-order valence-corrected chi connectivity index (χ3v) is 4.65. The van der Waals surface area contributed by atoms with E-state index in [0.29, 0.717) is 5.58 Å². The lowest BCUT2D eigenvalue weighted by Gasteiger charge is -2.06. The van der Waals surface area contributed by atoms with Gasteiger partial charge >= 0.3 is 0 Å². The van der Waals surface area contributed by atoms with Crippen LogP contribution in [0.2, 0.25) is 0 Å². The average molecular weight is 320 g/mol. The summed E-state index contributed by atoms with van der Waals surface area (Å²) in [5.41, 5.74) is 6.80. The van der Waals surface area contributed by atoms with Crippen molar-refractivity contribution in [3.8, 4) is 11.3 Å². The fraction of sp³-hybridized carbons (Fsp3) is 0.190. The van der Waals surface area contributed by atoms with Gasteiger partial charge in [0.1, 0.15) is 24.0 Å². The molecular weight excluding hydrogens is 301 g/mol. The smallest absolute Gasteiger partial charge is 0.216 e. The lowest BCUT2D eigenvalue weighted by atomic mass is 9.99. The topological polar surface area (TPSA) is 17.0 Å². The van der Waals surface area contributed by atoms with Crippen molar-refractivity contribution < 1.29 is 13.4 Å². The van der Waals surface area contributed by atoms with Crippen LogP contribution in [0.15, 0.2) is 47.0 Å². The number of aryl methyl sites for hydroxylation is 4. The zero-order valence-electron chi connectivity index (χ0n) is 14.3. The Kier molecular flexibility index (Phi) is 3.20. The zero-order chi connectivity index (χ0) is 17.0. The van der Waals surface area contributed by atoms with Crippen LogP contribution in [0.3, 0.4) is 0 Å². The fourth-order valence-corrected chi connectivity index (χ4v) is 3.56. The molecule has 0 aliphatic carbocycles. The summed E-state index contributed by atoms with van der Waals surface area (Å²) >= 11 is 0. The van der Waals surface area contributed by atoms with E-state index < -0.39 is 0 Å². The van der Waals surface area contributed by atoms with E-state index in [2.05, 4.69) is 48.9 Å². The van der Waals surface area contributed by atoms with Gasteiger partial charge in [-0.3, -0.25) is 0 Å². The molecule has 4 rings (SSSR count). The predicted molar refractivity (Wildman–Crippen MR) is 94.5 cm³/mol. The average Bonchev–Trinajstić information content (AvgIpc) is 2.86. The number of rotatable bonds is 1. The van der Waals surface area contributed by atoms with E-state index in [4.69, 9.17) is 4.42 Å². The standard InChI is InChI=1S/C21H19FNO/c1-12-5-8-17(23(4)11-12)20-13(2)6-7-16-19-14(3)9-15(22)10-18(19)24-21(16)20/h5-11H,1-4H3/q+1. The number of nitrogens with zero attached hydrogens (tertiary/aromatic N) is 1. The van der Waals surface area contributed by atoms with Gasteiger partial charge in [0.15, 0.2) is 6.20 Å². The van der Waals surface area contributed by atoms with Gasteiger partial charge < -0.3 is 4.42 Å². The first-order chi connectivity index (χ1) is 11.5. The van der Waals surface area contributed by atoms with Gasteiger partial charge in [0.25, 0.3) is 0 Å². The summed E-state index contributed by atoms with van der Waals surface area (Å²) < 4.78 is 22.0. The molecule has 2 aromatic heterocycles. The number of benzene rings is 2. The molecule has 4 aromatic rings. The Hall–Kier alpha value is -2.68. The third-order valence-electron chi connectivity index (χ3n) is 4.65. The highest BCUT2D eigenvalue weighted by atomic mass is 19.1. The van der Waals surface area contributed by atoms with Crippen LogP contribution in [-0.4, -0.2) is 0 Å². The maximum atomic E-state index is 13.8. The van der Waals surface area contributed by atoms with Crippen LogP contribution in [0.25, 0.3) is 33.2 Å². The van der Waals surface area contributed by atoms with E-state index in [9.17, 15) is 4.39 Å².